The second-order valence-corrected chi connectivity index (χ2v) is 13.4. The number of hydrogen-bond acceptors (Lipinski definition) is 1. The quantitative estimate of drug-likeness (QED) is 0.160. The van der Waals surface area contributed by atoms with Gasteiger partial charge in [-0.05, 0) is 60.2 Å². The van der Waals surface area contributed by atoms with Crippen LogP contribution in [0.3, 0.4) is 0 Å². The third-order valence-corrected chi connectivity index (χ3v) is 11.6. The molecule has 1 nitrogen and oxygen atoms in total. The smallest absolute Gasteiger partial charge is 0.150 e. The molecule has 0 amide bonds. The first kappa shape index (κ1) is 26.6. The molecule has 1 unspecified atom stereocenters. The summed E-state index contributed by atoms with van der Waals surface area (Å²) in [5.41, 5.74) is 7.19. The fraction of sp³-hybridized carbons (Fsp3) is 0.0270. The topological polar surface area (TPSA) is 9.23 Å². The molecule has 7 rings (SSSR count). The zero-order chi connectivity index (χ0) is 27.8. The zero-order valence-electron chi connectivity index (χ0n) is 22.0. The number of hydrogen-bond donors (Lipinski definition) is 0. The van der Waals surface area contributed by atoms with Crippen LogP contribution in [0, 0.1) is 0 Å². The molecule has 0 fully saturated rings. The number of fused-ring (bicyclic) bond motifs is 3. The van der Waals surface area contributed by atoms with E-state index in [1.807, 2.05) is 0 Å². The van der Waals surface area contributed by atoms with Crippen LogP contribution in [0.4, 0.5) is 0 Å². The predicted molar refractivity (Wildman–Crippen MR) is 179 cm³/mol. The molecule has 0 aliphatic heterocycles. The van der Waals surface area contributed by atoms with Gasteiger partial charge in [-0.2, -0.15) is 0 Å². The summed E-state index contributed by atoms with van der Waals surface area (Å²) in [6.07, 6.45) is 0. The molecule has 0 saturated heterocycles. The largest absolute Gasteiger partial charge is 0.329 e. The molecule has 0 radical (unpaired) electrons. The van der Waals surface area contributed by atoms with Crippen molar-refractivity contribution in [3.8, 4) is 22.3 Å². The Bertz CT molecular complexity index is 1790. The van der Waals surface area contributed by atoms with Crippen LogP contribution in [0.5, 0.6) is 0 Å². The number of halogens is 2. The lowest BCUT2D eigenvalue weighted by Crippen LogP contribution is -2.32. The summed E-state index contributed by atoms with van der Waals surface area (Å²) in [5.74, 6) is 0. The van der Waals surface area contributed by atoms with Crippen LogP contribution in [0.1, 0.15) is 16.7 Å². The highest BCUT2D eigenvalue weighted by Gasteiger charge is 2.50. The van der Waals surface area contributed by atoms with Gasteiger partial charge in [0.15, 0.2) is 5.60 Å². The summed E-state index contributed by atoms with van der Waals surface area (Å²) < 4.78 is 9.83. The molecule has 0 spiro atoms. The van der Waals surface area contributed by atoms with Crippen molar-refractivity contribution in [1.29, 1.82) is 0 Å². The van der Waals surface area contributed by atoms with Gasteiger partial charge in [0.2, 0.25) is 0 Å². The fourth-order valence-corrected chi connectivity index (χ4v) is 8.81. The minimum absolute atomic E-state index is 0.862. The standard InChI is InChI=1S/C37H25Br2OP/c38-33-25-31-30-23-13-14-24-32(30)37(27-17-7-2-8-18-27,35(31)34(36(33)39)26-15-5-1-6-16-26)40-41(28-19-9-3-10-20-28)29-21-11-4-12-22-29/h1-25H. The van der Waals surface area contributed by atoms with Crippen LogP contribution < -0.4 is 10.6 Å². The molecule has 0 aromatic heterocycles. The minimum atomic E-state index is -1.21. The Balaban J connectivity index is 1.61. The van der Waals surface area contributed by atoms with Crippen molar-refractivity contribution in [2.75, 3.05) is 0 Å². The molecule has 1 aliphatic carbocycles. The van der Waals surface area contributed by atoms with E-state index in [9.17, 15) is 0 Å². The van der Waals surface area contributed by atoms with Gasteiger partial charge < -0.3 is 4.52 Å². The van der Waals surface area contributed by atoms with Crippen molar-refractivity contribution in [2.45, 2.75) is 5.60 Å². The second kappa shape index (κ2) is 11.2. The van der Waals surface area contributed by atoms with Crippen LogP contribution >= 0.6 is 40.0 Å². The molecule has 0 bridgehead atoms. The van der Waals surface area contributed by atoms with Gasteiger partial charge in [-0.1, -0.05) is 146 Å². The first-order chi connectivity index (χ1) is 20.2. The highest BCUT2D eigenvalue weighted by molar-refractivity contribution is 9.13. The fourth-order valence-electron chi connectivity index (χ4n) is 5.88. The summed E-state index contributed by atoms with van der Waals surface area (Å²) in [5, 5.41) is 2.35. The summed E-state index contributed by atoms with van der Waals surface area (Å²) >= 11 is 7.88. The molecule has 1 aliphatic rings. The van der Waals surface area contributed by atoms with E-state index >= 15 is 0 Å². The minimum Gasteiger partial charge on any atom is -0.329 e. The van der Waals surface area contributed by atoms with Gasteiger partial charge in [-0.15, -0.1) is 0 Å². The van der Waals surface area contributed by atoms with Crippen molar-refractivity contribution >= 4 is 50.6 Å². The van der Waals surface area contributed by atoms with E-state index in [0.717, 1.165) is 36.8 Å². The maximum Gasteiger partial charge on any atom is 0.150 e. The Hall–Kier alpha value is -3.33. The van der Waals surface area contributed by atoms with E-state index in [4.69, 9.17) is 4.52 Å². The monoisotopic (exact) mass is 674 g/mol. The molecular weight excluding hydrogens is 651 g/mol. The summed E-state index contributed by atoms with van der Waals surface area (Å²) in [6.45, 7) is 0. The first-order valence-electron chi connectivity index (χ1n) is 13.5. The third-order valence-electron chi connectivity index (χ3n) is 7.62. The van der Waals surface area contributed by atoms with Crippen molar-refractivity contribution in [1.82, 2.24) is 0 Å². The van der Waals surface area contributed by atoms with Crippen molar-refractivity contribution in [3.63, 3.8) is 0 Å². The average Bonchev–Trinajstić information content (AvgIpc) is 3.31. The van der Waals surface area contributed by atoms with Crippen molar-refractivity contribution in [2.24, 2.45) is 0 Å². The molecule has 41 heavy (non-hydrogen) atoms. The SMILES string of the molecule is Brc1cc2c(c(-c3ccccc3)c1Br)C(OP(c1ccccc1)c1ccccc1)(c1ccccc1)c1ccccc1-2. The van der Waals surface area contributed by atoms with Crippen LogP contribution in [0.15, 0.2) is 161 Å². The Morgan fingerprint density at radius 3 is 1.66 bits per heavy atom. The van der Waals surface area contributed by atoms with E-state index in [0.29, 0.717) is 0 Å². The summed E-state index contributed by atoms with van der Waals surface area (Å²) in [6, 6.07) is 53.6. The molecule has 6 aromatic carbocycles. The van der Waals surface area contributed by atoms with Gasteiger partial charge in [0.05, 0.1) is 8.15 Å². The van der Waals surface area contributed by atoms with Crippen molar-refractivity contribution < 1.29 is 4.52 Å². The van der Waals surface area contributed by atoms with Gasteiger partial charge in [0, 0.05) is 36.2 Å². The maximum atomic E-state index is 7.80. The summed E-state index contributed by atoms with van der Waals surface area (Å²) in [7, 11) is -1.21. The number of benzene rings is 6. The van der Waals surface area contributed by atoms with E-state index in [2.05, 4.69) is 184 Å². The number of rotatable bonds is 6. The highest BCUT2D eigenvalue weighted by Crippen LogP contribution is 2.62. The van der Waals surface area contributed by atoms with E-state index in [1.54, 1.807) is 0 Å². The lowest BCUT2D eigenvalue weighted by Gasteiger charge is -2.38. The average molecular weight is 676 g/mol. The lowest BCUT2D eigenvalue weighted by molar-refractivity contribution is 0.189. The molecule has 6 aromatic rings. The van der Waals surface area contributed by atoms with Crippen LogP contribution in [0.2, 0.25) is 0 Å². The molecular formula is C37H25Br2OP. The molecule has 0 N–H and O–H groups in total. The van der Waals surface area contributed by atoms with Crippen LogP contribution in [-0.4, -0.2) is 0 Å². The Labute approximate surface area is 259 Å². The van der Waals surface area contributed by atoms with Gasteiger partial charge in [0.25, 0.3) is 0 Å². The summed E-state index contributed by atoms with van der Waals surface area (Å²) in [4.78, 5) is 0. The Morgan fingerprint density at radius 2 is 1.05 bits per heavy atom. The molecule has 4 heteroatoms. The van der Waals surface area contributed by atoms with E-state index < -0.39 is 13.7 Å². The first-order valence-corrected chi connectivity index (χ1v) is 16.4. The van der Waals surface area contributed by atoms with E-state index in [1.165, 1.54) is 21.7 Å². The lowest BCUT2D eigenvalue weighted by atomic mass is 9.81. The van der Waals surface area contributed by atoms with E-state index in [-0.39, 0.29) is 0 Å². The molecule has 198 valence electrons. The zero-order valence-corrected chi connectivity index (χ0v) is 26.1. The Kier molecular flexibility index (Phi) is 7.23. The predicted octanol–water partition coefficient (Wildman–Crippen LogP) is 10.2. The van der Waals surface area contributed by atoms with Gasteiger partial charge in [-0.25, -0.2) is 0 Å². The van der Waals surface area contributed by atoms with Gasteiger partial charge in [-0.3, -0.25) is 0 Å². The highest BCUT2D eigenvalue weighted by atomic mass is 79.9. The molecule has 1 atom stereocenters. The van der Waals surface area contributed by atoms with Gasteiger partial charge in [0.1, 0.15) is 0 Å². The van der Waals surface area contributed by atoms with Crippen LogP contribution in [0.25, 0.3) is 22.3 Å². The molecule has 0 saturated carbocycles. The third kappa shape index (κ3) is 4.53. The van der Waals surface area contributed by atoms with Gasteiger partial charge >= 0.3 is 0 Å². The molecule has 0 heterocycles. The van der Waals surface area contributed by atoms with Crippen molar-refractivity contribution in [3.05, 3.63) is 177 Å². The Morgan fingerprint density at radius 1 is 0.537 bits per heavy atom. The van der Waals surface area contributed by atoms with Crippen LogP contribution in [-0.2, 0) is 10.1 Å². The maximum absolute atomic E-state index is 7.80. The normalized spacial score (nSPS) is 15.5. The second-order valence-electron chi connectivity index (χ2n) is 9.99.